The average Bonchev–Trinajstić information content (AvgIpc) is 2.80. The Kier molecular flexibility index (Phi) is 8.44. The zero-order valence-electron chi connectivity index (χ0n) is 19.2. The number of urea groups is 1. The van der Waals surface area contributed by atoms with Crippen molar-refractivity contribution >= 4 is 17.8 Å². The first-order valence-corrected chi connectivity index (χ1v) is 11.1. The van der Waals surface area contributed by atoms with E-state index in [0.717, 1.165) is 42.9 Å². The Morgan fingerprint density at radius 3 is 2.56 bits per heavy atom. The highest BCUT2D eigenvalue weighted by Crippen LogP contribution is 2.15. The van der Waals surface area contributed by atoms with Crippen molar-refractivity contribution in [1.82, 2.24) is 20.1 Å². The first kappa shape index (κ1) is 23.5. The number of anilines is 1. The molecule has 0 aliphatic carbocycles. The van der Waals surface area contributed by atoms with E-state index in [1.165, 1.54) is 5.56 Å². The van der Waals surface area contributed by atoms with Crippen molar-refractivity contribution in [3.8, 4) is 0 Å². The van der Waals surface area contributed by atoms with Gasteiger partial charge < -0.3 is 20.3 Å². The smallest absolute Gasteiger partial charge is 0.409 e. The number of nitrogens with zero attached hydrogens (tertiary/aromatic N) is 3. The topological polar surface area (TPSA) is 86.8 Å². The number of aromatic nitrogens is 1. The van der Waals surface area contributed by atoms with Crippen LogP contribution in [0.2, 0.25) is 0 Å². The van der Waals surface area contributed by atoms with Crippen molar-refractivity contribution in [3.05, 3.63) is 58.9 Å². The standard InChI is InChI=1S/C24H33N5O3/c1-4-13-32-24(31)29-11-9-28(10-12-29)17-20-7-5-18(2)21(14-20)15-26-23(30)27-22-8-6-19(3)25-16-22/h5-8,14,16H,4,9-13,15,17H2,1-3H3,(H2,26,27,30). The summed E-state index contributed by atoms with van der Waals surface area (Å²) in [7, 11) is 0. The Hall–Kier alpha value is -3.13. The minimum atomic E-state index is -0.258. The number of carbonyl (C=O) groups excluding carboxylic acids is 2. The predicted octanol–water partition coefficient (Wildman–Crippen LogP) is 3.68. The van der Waals surface area contributed by atoms with Gasteiger partial charge in [0.05, 0.1) is 18.5 Å². The molecular weight excluding hydrogens is 406 g/mol. The highest BCUT2D eigenvalue weighted by molar-refractivity contribution is 5.88. The second kappa shape index (κ2) is 11.5. The normalized spacial score (nSPS) is 14.2. The molecule has 0 unspecified atom stereocenters. The zero-order valence-corrected chi connectivity index (χ0v) is 19.2. The molecule has 2 heterocycles. The third-order valence-electron chi connectivity index (χ3n) is 5.49. The molecule has 3 amide bonds. The lowest BCUT2D eigenvalue weighted by Gasteiger charge is -2.34. The third kappa shape index (κ3) is 6.95. The lowest BCUT2D eigenvalue weighted by Crippen LogP contribution is -2.48. The lowest BCUT2D eigenvalue weighted by molar-refractivity contribution is 0.0746. The molecule has 172 valence electrons. The van der Waals surface area contributed by atoms with Gasteiger partial charge in [-0.1, -0.05) is 25.1 Å². The molecule has 2 N–H and O–H groups in total. The zero-order chi connectivity index (χ0) is 22.9. The third-order valence-corrected chi connectivity index (χ3v) is 5.49. The summed E-state index contributed by atoms with van der Waals surface area (Å²) in [6.07, 6.45) is 2.26. The number of hydrogen-bond acceptors (Lipinski definition) is 5. The summed E-state index contributed by atoms with van der Waals surface area (Å²) in [5.74, 6) is 0. The van der Waals surface area contributed by atoms with E-state index in [9.17, 15) is 9.59 Å². The van der Waals surface area contributed by atoms with E-state index in [4.69, 9.17) is 4.74 Å². The number of piperazine rings is 1. The van der Waals surface area contributed by atoms with Gasteiger partial charge in [-0.25, -0.2) is 9.59 Å². The van der Waals surface area contributed by atoms with Crippen molar-refractivity contribution in [2.24, 2.45) is 0 Å². The summed E-state index contributed by atoms with van der Waals surface area (Å²) in [4.78, 5) is 32.5. The molecule has 3 rings (SSSR count). The Labute approximate surface area is 190 Å². The summed E-state index contributed by atoms with van der Waals surface area (Å²) in [6, 6.07) is 9.79. The minimum absolute atomic E-state index is 0.213. The number of ether oxygens (including phenoxy) is 1. The molecule has 8 nitrogen and oxygen atoms in total. The molecule has 2 aromatic rings. The fourth-order valence-electron chi connectivity index (χ4n) is 3.53. The van der Waals surface area contributed by atoms with Crippen LogP contribution in [-0.4, -0.2) is 59.7 Å². The summed E-state index contributed by atoms with van der Waals surface area (Å²) in [6.45, 7) is 10.7. The van der Waals surface area contributed by atoms with Crippen LogP contribution in [0.15, 0.2) is 36.5 Å². The van der Waals surface area contributed by atoms with E-state index >= 15 is 0 Å². The molecule has 32 heavy (non-hydrogen) atoms. The van der Waals surface area contributed by atoms with Gasteiger partial charge in [0, 0.05) is 45.0 Å². The van der Waals surface area contributed by atoms with Gasteiger partial charge in [0.15, 0.2) is 0 Å². The molecule has 1 aliphatic rings. The number of nitrogens with one attached hydrogen (secondary N) is 2. The van der Waals surface area contributed by atoms with Crippen LogP contribution in [0.4, 0.5) is 15.3 Å². The van der Waals surface area contributed by atoms with Crippen LogP contribution in [0.1, 0.15) is 35.7 Å². The first-order valence-electron chi connectivity index (χ1n) is 11.1. The second-order valence-electron chi connectivity index (χ2n) is 8.13. The summed E-state index contributed by atoms with van der Waals surface area (Å²) < 4.78 is 5.23. The second-order valence-corrected chi connectivity index (χ2v) is 8.13. The van der Waals surface area contributed by atoms with Crippen LogP contribution >= 0.6 is 0 Å². The molecule has 0 bridgehead atoms. The first-order chi connectivity index (χ1) is 15.4. The molecular formula is C24H33N5O3. The molecule has 8 heteroatoms. The van der Waals surface area contributed by atoms with E-state index < -0.39 is 0 Å². The molecule has 1 aliphatic heterocycles. The van der Waals surface area contributed by atoms with Gasteiger partial charge in [-0.05, 0) is 49.1 Å². The fourth-order valence-corrected chi connectivity index (χ4v) is 3.53. The predicted molar refractivity (Wildman–Crippen MR) is 125 cm³/mol. The molecule has 0 spiro atoms. The van der Waals surface area contributed by atoms with Gasteiger partial charge in [-0.3, -0.25) is 9.88 Å². The molecule has 1 aromatic carbocycles. The van der Waals surface area contributed by atoms with Crippen molar-refractivity contribution in [2.75, 3.05) is 38.1 Å². The van der Waals surface area contributed by atoms with Crippen molar-refractivity contribution < 1.29 is 14.3 Å². The maximum absolute atomic E-state index is 12.2. The highest BCUT2D eigenvalue weighted by Gasteiger charge is 2.22. The van der Waals surface area contributed by atoms with E-state index in [0.29, 0.717) is 31.9 Å². The number of benzene rings is 1. The van der Waals surface area contributed by atoms with Crippen LogP contribution in [0.25, 0.3) is 0 Å². The van der Waals surface area contributed by atoms with Gasteiger partial charge in [-0.15, -0.1) is 0 Å². The Morgan fingerprint density at radius 2 is 1.88 bits per heavy atom. The average molecular weight is 440 g/mol. The fraction of sp³-hybridized carbons (Fsp3) is 0.458. The van der Waals surface area contributed by atoms with Crippen LogP contribution in [0, 0.1) is 13.8 Å². The number of hydrogen-bond donors (Lipinski definition) is 2. The summed E-state index contributed by atoms with van der Waals surface area (Å²) >= 11 is 0. The monoisotopic (exact) mass is 439 g/mol. The van der Waals surface area contributed by atoms with Crippen LogP contribution in [0.5, 0.6) is 0 Å². The van der Waals surface area contributed by atoms with Crippen LogP contribution < -0.4 is 10.6 Å². The van der Waals surface area contributed by atoms with Crippen molar-refractivity contribution in [2.45, 2.75) is 40.3 Å². The maximum Gasteiger partial charge on any atom is 0.409 e. The van der Waals surface area contributed by atoms with Gasteiger partial charge >= 0.3 is 12.1 Å². The van der Waals surface area contributed by atoms with E-state index in [2.05, 4.69) is 38.7 Å². The summed E-state index contributed by atoms with van der Waals surface area (Å²) in [5, 5.41) is 5.72. The number of amides is 3. The number of aryl methyl sites for hydroxylation is 2. The molecule has 1 fully saturated rings. The van der Waals surface area contributed by atoms with Gasteiger partial charge in [-0.2, -0.15) is 0 Å². The number of carbonyl (C=O) groups is 2. The maximum atomic E-state index is 12.2. The highest BCUT2D eigenvalue weighted by atomic mass is 16.6. The van der Waals surface area contributed by atoms with Crippen LogP contribution in [-0.2, 0) is 17.8 Å². The van der Waals surface area contributed by atoms with Gasteiger partial charge in [0.1, 0.15) is 0 Å². The number of pyridine rings is 1. The minimum Gasteiger partial charge on any atom is -0.449 e. The largest absolute Gasteiger partial charge is 0.449 e. The molecule has 1 saturated heterocycles. The quantitative estimate of drug-likeness (QED) is 0.687. The Bertz CT molecular complexity index is 908. The van der Waals surface area contributed by atoms with E-state index in [-0.39, 0.29) is 12.1 Å². The Morgan fingerprint density at radius 1 is 1.09 bits per heavy atom. The van der Waals surface area contributed by atoms with Gasteiger partial charge in [0.25, 0.3) is 0 Å². The number of rotatable bonds is 7. The summed E-state index contributed by atoms with van der Waals surface area (Å²) in [5.41, 5.74) is 4.98. The molecule has 1 aromatic heterocycles. The van der Waals surface area contributed by atoms with Gasteiger partial charge in [0.2, 0.25) is 0 Å². The SMILES string of the molecule is CCCOC(=O)N1CCN(Cc2ccc(C)c(CNC(=O)Nc3ccc(C)nc3)c2)CC1. The molecule has 0 saturated carbocycles. The molecule has 0 atom stereocenters. The lowest BCUT2D eigenvalue weighted by atomic mass is 10.0. The Balaban J connectivity index is 1.48. The van der Waals surface area contributed by atoms with Crippen LogP contribution in [0.3, 0.4) is 0 Å². The molecule has 0 radical (unpaired) electrons. The van der Waals surface area contributed by atoms with Crippen molar-refractivity contribution in [1.29, 1.82) is 0 Å². The van der Waals surface area contributed by atoms with E-state index in [1.807, 2.05) is 32.9 Å². The van der Waals surface area contributed by atoms with E-state index in [1.54, 1.807) is 11.1 Å². The van der Waals surface area contributed by atoms with Crippen molar-refractivity contribution in [3.63, 3.8) is 0 Å².